The number of anilines is 1. The van der Waals surface area contributed by atoms with Crippen molar-refractivity contribution >= 4 is 33.6 Å². The minimum atomic E-state index is -4.02. The lowest BCUT2D eigenvalue weighted by Crippen LogP contribution is -2.13. The fourth-order valence-electron chi connectivity index (χ4n) is 2.56. The highest BCUT2D eigenvalue weighted by Crippen LogP contribution is 2.30. The van der Waals surface area contributed by atoms with Gasteiger partial charge in [-0.15, -0.1) is 0 Å². The first-order chi connectivity index (χ1) is 13.9. The van der Waals surface area contributed by atoms with Crippen LogP contribution in [0.25, 0.3) is 12.2 Å². The molecule has 0 bridgehead atoms. The monoisotopic (exact) mass is 411 g/mol. The Morgan fingerprint density at radius 3 is 2.59 bits per heavy atom. The van der Waals surface area contributed by atoms with Crippen molar-refractivity contribution in [3.63, 3.8) is 0 Å². The Balaban J connectivity index is 1.85. The second-order valence-electron chi connectivity index (χ2n) is 5.91. The minimum Gasteiger partial charge on any atom is -0.490 e. The summed E-state index contributed by atoms with van der Waals surface area (Å²) in [4.78, 5) is 14.4. The van der Waals surface area contributed by atoms with Crippen molar-refractivity contribution in [1.82, 2.24) is 4.98 Å². The van der Waals surface area contributed by atoms with Crippen LogP contribution in [-0.4, -0.2) is 25.4 Å². The molecule has 1 aromatic heterocycles. The highest BCUT2D eigenvalue weighted by Gasteiger charge is 2.22. The summed E-state index contributed by atoms with van der Waals surface area (Å²) in [5.74, 6) is -0.0180. The van der Waals surface area contributed by atoms with E-state index in [-0.39, 0.29) is 10.6 Å². The SMILES string of the molecule is COc1ccc(S(=O)(=O)Nc2cccc(/C=C/c3ccccn3)c2)cc1[N+](=O)[O-]. The zero-order chi connectivity index (χ0) is 20.9. The molecule has 8 nitrogen and oxygen atoms in total. The Morgan fingerprint density at radius 1 is 1.07 bits per heavy atom. The van der Waals surface area contributed by atoms with Gasteiger partial charge in [0.1, 0.15) is 0 Å². The number of benzene rings is 2. The van der Waals surface area contributed by atoms with Crippen molar-refractivity contribution in [1.29, 1.82) is 0 Å². The van der Waals surface area contributed by atoms with Crippen molar-refractivity contribution in [2.45, 2.75) is 4.90 Å². The van der Waals surface area contributed by atoms with Gasteiger partial charge in [0.25, 0.3) is 10.0 Å². The zero-order valence-electron chi connectivity index (χ0n) is 15.3. The fraction of sp³-hybridized carbons (Fsp3) is 0.0500. The van der Waals surface area contributed by atoms with Gasteiger partial charge in [0, 0.05) is 18.0 Å². The lowest BCUT2D eigenvalue weighted by molar-refractivity contribution is -0.386. The van der Waals surface area contributed by atoms with Crippen LogP contribution in [0.4, 0.5) is 11.4 Å². The van der Waals surface area contributed by atoms with Crippen molar-refractivity contribution < 1.29 is 18.1 Å². The van der Waals surface area contributed by atoms with Gasteiger partial charge in [0.05, 0.1) is 22.6 Å². The Bertz CT molecular complexity index is 1160. The average molecular weight is 411 g/mol. The van der Waals surface area contributed by atoms with E-state index in [1.807, 2.05) is 24.3 Å². The molecule has 0 atom stereocenters. The van der Waals surface area contributed by atoms with Gasteiger partial charge in [0.2, 0.25) is 0 Å². The van der Waals surface area contributed by atoms with E-state index in [0.717, 1.165) is 17.3 Å². The quantitative estimate of drug-likeness (QED) is 0.465. The minimum absolute atomic E-state index is 0.0180. The molecule has 0 radical (unpaired) electrons. The number of methoxy groups -OCH3 is 1. The number of hydrogen-bond donors (Lipinski definition) is 1. The van der Waals surface area contributed by atoms with Crippen LogP contribution in [-0.2, 0) is 10.0 Å². The molecule has 148 valence electrons. The zero-order valence-corrected chi connectivity index (χ0v) is 16.2. The number of nitrogens with one attached hydrogen (secondary N) is 1. The molecule has 1 N–H and O–H groups in total. The average Bonchev–Trinajstić information content (AvgIpc) is 2.72. The van der Waals surface area contributed by atoms with Crippen LogP contribution in [0.15, 0.2) is 71.8 Å². The van der Waals surface area contributed by atoms with Crippen molar-refractivity contribution in [3.8, 4) is 5.75 Å². The van der Waals surface area contributed by atoms with Gasteiger partial charge >= 0.3 is 5.69 Å². The van der Waals surface area contributed by atoms with E-state index in [0.29, 0.717) is 5.69 Å². The first-order valence-electron chi connectivity index (χ1n) is 8.43. The molecule has 1 heterocycles. The largest absolute Gasteiger partial charge is 0.490 e. The third-order valence-electron chi connectivity index (χ3n) is 3.93. The molecule has 3 rings (SSSR count). The summed E-state index contributed by atoms with van der Waals surface area (Å²) < 4.78 is 32.7. The molecule has 9 heteroatoms. The molecule has 0 spiro atoms. The predicted octanol–water partition coefficient (Wildman–Crippen LogP) is 3.97. The van der Waals surface area contributed by atoms with Crippen LogP contribution < -0.4 is 9.46 Å². The number of aromatic nitrogens is 1. The summed E-state index contributed by atoms with van der Waals surface area (Å²) in [6, 6.07) is 15.7. The number of rotatable bonds is 7. The van der Waals surface area contributed by atoms with Crippen molar-refractivity contribution in [2.24, 2.45) is 0 Å². The van der Waals surface area contributed by atoms with E-state index in [2.05, 4.69) is 9.71 Å². The van der Waals surface area contributed by atoms with E-state index in [1.54, 1.807) is 36.5 Å². The summed E-state index contributed by atoms with van der Waals surface area (Å²) in [7, 11) is -2.75. The third-order valence-corrected chi connectivity index (χ3v) is 5.31. The van der Waals surface area contributed by atoms with Crippen LogP contribution in [0.5, 0.6) is 5.75 Å². The van der Waals surface area contributed by atoms with Gasteiger partial charge in [-0.05, 0) is 48.0 Å². The Labute approximate surface area is 167 Å². The molecule has 3 aromatic rings. The van der Waals surface area contributed by atoms with Crippen LogP contribution in [0, 0.1) is 10.1 Å². The van der Waals surface area contributed by atoms with E-state index >= 15 is 0 Å². The van der Waals surface area contributed by atoms with Gasteiger partial charge in [-0.1, -0.05) is 24.3 Å². The molecule has 0 amide bonds. The maximum Gasteiger partial charge on any atom is 0.312 e. The number of nitrogens with zero attached hydrogens (tertiary/aromatic N) is 2. The number of nitro benzene ring substituents is 1. The molecular formula is C20H17N3O5S. The molecule has 0 aliphatic heterocycles. The number of ether oxygens (including phenoxy) is 1. The first kappa shape index (κ1) is 20.0. The second-order valence-corrected chi connectivity index (χ2v) is 7.59. The van der Waals surface area contributed by atoms with Gasteiger partial charge in [-0.3, -0.25) is 19.8 Å². The third kappa shape index (κ3) is 4.96. The molecule has 0 saturated carbocycles. The van der Waals surface area contributed by atoms with E-state index < -0.39 is 20.6 Å². The van der Waals surface area contributed by atoms with Crippen molar-refractivity contribution in [2.75, 3.05) is 11.8 Å². The number of sulfonamides is 1. The molecule has 0 aliphatic carbocycles. The fourth-order valence-corrected chi connectivity index (χ4v) is 3.62. The molecule has 0 aliphatic rings. The summed E-state index contributed by atoms with van der Waals surface area (Å²) >= 11 is 0. The Hall–Kier alpha value is -3.72. The Morgan fingerprint density at radius 2 is 1.90 bits per heavy atom. The van der Waals surface area contributed by atoms with Gasteiger partial charge in [-0.25, -0.2) is 8.42 Å². The summed E-state index contributed by atoms with van der Waals surface area (Å²) in [5, 5.41) is 11.1. The molecule has 2 aromatic carbocycles. The van der Waals surface area contributed by atoms with Crippen LogP contribution in [0.3, 0.4) is 0 Å². The maximum absolute atomic E-state index is 12.7. The lowest BCUT2D eigenvalue weighted by Gasteiger charge is -2.10. The summed E-state index contributed by atoms with van der Waals surface area (Å²) in [5.41, 5.74) is 1.43. The smallest absolute Gasteiger partial charge is 0.312 e. The molecule has 29 heavy (non-hydrogen) atoms. The standard InChI is InChI=1S/C20H17N3O5S/c1-28-20-11-10-18(14-19(20)23(24)25)29(26,27)22-17-7-4-5-15(13-17)8-9-16-6-2-3-12-21-16/h2-14,22H,1H3/b9-8+. The van der Waals surface area contributed by atoms with Gasteiger partial charge < -0.3 is 4.74 Å². The van der Waals surface area contributed by atoms with Crippen LogP contribution in [0.2, 0.25) is 0 Å². The van der Waals surface area contributed by atoms with Crippen molar-refractivity contribution in [3.05, 3.63) is 88.2 Å². The Kier molecular flexibility index (Phi) is 5.89. The maximum atomic E-state index is 12.7. The molecule has 0 unspecified atom stereocenters. The van der Waals surface area contributed by atoms with Crippen LogP contribution >= 0.6 is 0 Å². The number of hydrogen-bond acceptors (Lipinski definition) is 6. The van der Waals surface area contributed by atoms with E-state index in [9.17, 15) is 18.5 Å². The highest BCUT2D eigenvalue weighted by molar-refractivity contribution is 7.92. The molecule has 0 fully saturated rings. The van der Waals surface area contributed by atoms with Gasteiger partial charge in [0.15, 0.2) is 5.75 Å². The second kappa shape index (κ2) is 8.53. The van der Waals surface area contributed by atoms with Crippen LogP contribution in [0.1, 0.15) is 11.3 Å². The number of pyridine rings is 1. The first-order valence-corrected chi connectivity index (χ1v) is 9.92. The number of nitro groups is 1. The normalized spacial score (nSPS) is 11.3. The van der Waals surface area contributed by atoms with E-state index in [4.69, 9.17) is 4.74 Å². The van der Waals surface area contributed by atoms with E-state index in [1.165, 1.54) is 19.2 Å². The summed E-state index contributed by atoms with van der Waals surface area (Å²) in [6.07, 6.45) is 5.29. The summed E-state index contributed by atoms with van der Waals surface area (Å²) in [6.45, 7) is 0. The molecular weight excluding hydrogens is 394 g/mol. The van der Waals surface area contributed by atoms with Gasteiger partial charge in [-0.2, -0.15) is 0 Å². The lowest BCUT2D eigenvalue weighted by atomic mass is 10.2. The topological polar surface area (TPSA) is 111 Å². The predicted molar refractivity (Wildman–Crippen MR) is 110 cm³/mol. The molecule has 0 saturated heterocycles. The highest BCUT2D eigenvalue weighted by atomic mass is 32.2.